The molecule has 0 amide bonds. The van der Waals surface area contributed by atoms with Gasteiger partial charge in [-0.3, -0.25) is 18.7 Å². The molecule has 0 aliphatic carbocycles. The fraction of sp³-hybridized carbons (Fsp3) is 0.500. The number of thiophene rings is 1. The lowest BCUT2D eigenvalue weighted by Gasteiger charge is -2.27. The monoisotopic (exact) mass is 344 g/mol. The van der Waals surface area contributed by atoms with Crippen molar-refractivity contribution in [1.82, 2.24) is 9.13 Å². The summed E-state index contributed by atoms with van der Waals surface area (Å²) in [6.45, 7) is 1.37. The van der Waals surface area contributed by atoms with Crippen molar-refractivity contribution < 1.29 is 18.3 Å². The van der Waals surface area contributed by atoms with E-state index in [4.69, 9.17) is 4.74 Å². The summed E-state index contributed by atoms with van der Waals surface area (Å²) in [5.41, 5.74) is -1.16. The number of aldehydes is 1. The van der Waals surface area contributed by atoms with Crippen LogP contribution < -0.4 is 11.2 Å². The van der Waals surface area contributed by atoms with E-state index in [1.54, 1.807) is 6.92 Å². The predicted octanol–water partition coefficient (Wildman–Crippen LogP) is 1.40. The molecule has 3 heterocycles. The normalized spacial score (nSPS) is 17.7. The molecule has 1 fully saturated rings. The number of aromatic nitrogens is 2. The highest BCUT2D eigenvalue weighted by Crippen LogP contribution is 2.27. The lowest BCUT2D eigenvalue weighted by Crippen LogP contribution is -2.44. The topological polar surface area (TPSA) is 70.3 Å². The molecule has 2 aromatic rings. The minimum atomic E-state index is -2.82. The largest absolute Gasteiger partial charge is 0.376 e. The first kappa shape index (κ1) is 16.0. The molecule has 0 saturated carbocycles. The Hall–Kier alpha value is -1.87. The second-order valence-corrected chi connectivity index (χ2v) is 6.40. The van der Waals surface area contributed by atoms with Crippen LogP contribution in [0.2, 0.25) is 0 Å². The minimum Gasteiger partial charge on any atom is -0.376 e. The van der Waals surface area contributed by atoms with Gasteiger partial charge in [-0.25, -0.2) is 13.6 Å². The Balaban J connectivity index is 2.31. The van der Waals surface area contributed by atoms with E-state index >= 15 is 0 Å². The summed E-state index contributed by atoms with van der Waals surface area (Å²) < 4.78 is 32.6. The Kier molecular flexibility index (Phi) is 4.15. The van der Waals surface area contributed by atoms with Gasteiger partial charge in [-0.1, -0.05) is 0 Å². The molecule has 0 aromatic carbocycles. The molecule has 3 rings (SSSR count). The van der Waals surface area contributed by atoms with Crippen molar-refractivity contribution in [3.05, 3.63) is 31.3 Å². The van der Waals surface area contributed by atoms with Crippen molar-refractivity contribution in [3.8, 4) is 0 Å². The van der Waals surface area contributed by atoms with Gasteiger partial charge in [0.1, 0.15) is 4.83 Å². The molecule has 9 heteroatoms. The average Bonchev–Trinajstić information content (AvgIpc) is 2.78. The fourth-order valence-electron chi connectivity index (χ4n) is 2.62. The van der Waals surface area contributed by atoms with Crippen LogP contribution >= 0.6 is 11.3 Å². The average molecular weight is 344 g/mol. The van der Waals surface area contributed by atoms with Gasteiger partial charge < -0.3 is 4.74 Å². The molecule has 6 nitrogen and oxygen atoms in total. The zero-order valence-electron chi connectivity index (χ0n) is 12.3. The van der Waals surface area contributed by atoms with Gasteiger partial charge in [0.05, 0.1) is 29.5 Å². The van der Waals surface area contributed by atoms with Crippen LogP contribution in [0.25, 0.3) is 10.2 Å². The number of rotatable bonds is 5. The first-order valence-electron chi connectivity index (χ1n) is 7.05. The standard InChI is InChI=1S/C14H14F2N2O4S/c1-7-9(6-19)23-13-11(7)12(20)17(5-10(15)16)14(21)18(13)4-8-2-3-22-8/h6,8,10H,2-5H2,1H3. The van der Waals surface area contributed by atoms with Crippen LogP contribution in [0.3, 0.4) is 0 Å². The maximum Gasteiger partial charge on any atom is 0.332 e. The molecule has 0 spiro atoms. The predicted molar refractivity (Wildman–Crippen MR) is 80.8 cm³/mol. The Morgan fingerprint density at radius 1 is 1.39 bits per heavy atom. The molecule has 1 atom stereocenters. The third-order valence-electron chi connectivity index (χ3n) is 3.94. The number of fused-ring (bicyclic) bond motifs is 1. The molecule has 0 N–H and O–H groups in total. The van der Waals surface area contributed by atoms with Crippen LogP contribution in [0.5, 0.6) is 0 Å². The second kappa shape index (κ2) is 5.97. The smallest absolute Gasteiger partial charge is 0.332 e. The third kappa shape index (κ3) is 2.63. The van der Waals surface area contributed by atoms with Gasteiger partial charge >= 0.3 is 5.69 Å². The van der Waals surface area contributed by atoms with E-state index in [0.717, 1.165) is 17.8 Å². The fourth-order valence-corrected chi connectivity index (χ4v) is 3.73. The van der Waals surface area contributed by atoms with E-state index < -0.39 is 24.2 Å². The molecule has 1 unspecified atom stereocenters. The van der Waals surface area contributed by atoms with E-state index in [-0.39, 0.29) is 18.0 Å². The number of alkyl halides is 2. The van der Waals surface area contributed by atoms with Gasteiger partial charge in [0.2, 0.25) is 0 Å². The number of carbonyl (C=O) groups is 1. The van der Waals surface area contributed by atoms with Crippen LogP contribution in [-0.4, -0.2) is 34.6 Å². The summed E-state index contributed by atoms with van der Waals surface area (Å²) in [5.74, 6) is 0. The molecule has 0 radical (unpaired) electrons. The van der Waals surface area contributed by atoms with Crippen molar-refractivity contribution in [2.45, 2.75) is 39.0 Å². The van der Waals surface area contributed by atoms with Crippen molar-refractivity contribution in [1.29, 1.82) is 0 Å². The zero-order chi connectivity index (χ0) is 16.7. The summed E-state index contributed by atoms with van der Waals surface area (Å²) in [6, 6.07) is 0. The maximum atomic E-state index is 12.7. The number of hydrogen-bond donors (Lipinski definition) is 0. The summed E-state index contributed by atoms with van der Waals surface area (Å²) >= 11 is 1.02. The molecular weight excluding hydrogens is 330 g/mol. The van der Waals surface area contributed by atoms with Crippen molar-refractivity contribution >= 4 is 27.8 Å². The zero-order valence-corrected chi connectivity index (χ0v) is 13.1. The van der Waals surface area contributed by atoms with Crippen molar-refractivity contribution in [3.63, 3.8) is 0 Å². The Labute approximate surface area is 132 Å². The van der Waals surface area contributed by atoms with Crippen LogP contribution in [0.15, 0.2) is 9.59 Å². The highest BCUT2D eigenvalue weighted by atomic mass is 32.1. The first-order valence-corrected chi connectivity index (χ1v) is 7.87. The molecular formula is C14H14F2N2O4S. The van der Waals surface area contributed by atoms with E-state index in [9.17, 15) is 23.2 Å². The van der Waals surface area contributed by atoms with Gasteiger partial charge in [0.15, 0.2) is 6.29 Å². The second-order valence-electron chi connectivity index (χ2n) is 5.37. The van der Waals surface area contributed by atoms with Gasteiger partial charge in [-0.15, -0.1) is 11.3 Å². The first-order chi connectivity index (χ1) is 10.9. The number of nitrogens with zero attached hydrogens (tertiary/aromatic N) is 2. The molecule has 124 valence electrons. The summed E-state index contributed by atoms with van der Waals surface area (Å²) in [7, 11) is 0. The van der Waals surface area contributed by atoms with Gasteiger partial charge in [-0.05, 0) is 18.9 Å². The van der Waals surface area contributed by atoms with E-state index in [0.29, 0.717) is 32.7 Å². The molecule has 1 aliphatic rings. The minimum absolute atomic E-state index is 0.150. The molecule has 0 bridgehead atoms. The van der Waals surface area contributed by atoms with Crippen molar-refractivity contribution in [2.75, 3.05) is 6.61 Å². The van der Waals surface area contributed by atoms with E-state index in [2.05, 4.69) is 0 Å². The lowest BCUT2D eigenvalue weighted by atomic mass is 10.2. The molecule has 23 heavy (non-hydrogen) atoms. The lowest BCUT2D eigenvalue weighted by molar-refractivity contribution is -0.0593. The highest BCUT2D eigenvalue weighted by Gasteiger charge is 2.25. The van der Waals surface area contributed by atoms with Crippen LogP contribution in [0.4, 0.5) is 8.78 Å². The number of hydrogen-bond acceptors (Lipinski definition) is 5. The molecule has 2 aromatic heterocycles. The van der Waals surface area contributed by atoms with Gasteiger partial charge in [0.25, 0.3) is 12.0 Å². The highest BCUT2D eigenvalue weighted by molar-refractivity contribution is 7.20. The number of carbonyl (C=O) groups excluding carboxylic acids is 1. The van der Waals surface area contributed by atoms with Crippen LogP contribution in [-0.2, 0) is 17.8 Å². The van der Waals surface area contributed by atoms with Crippen LogP contribution in [0.1, 0.15) is 21.7 Å². The quantitative estimate of drug-likeness (QED) is 0.769. The van der Waals surface area contributed by atoms with E-state index in [1.165, 1.54) is 4.57 Å². The van der Waals surface area contributed by atoms with Gasteiger partial charge in [-0.2, -0.15) is 0 Å². The number of ether oxygens (including phenoxy) is 1. The summed E-state index contributed by atoms with van der Waals surface area (Å²) in [6.07, 6.45) is -1.65. The van der Waals surface area contributed by atoms with Crippen molar-refractivity contribution in [2.24, 2.45) is 0 Å². The summed E-state index contributed by atoms with van der Waals surface area (Å²) in [5, 5.41) is 0.150. The maximum absolute atomic E-state index is 12.7. The van der Waals surface area contributed by atoms with Gasteiger partial charge in [0, 0.05) is 6.61 Å². The van der Waals surface area contributed by atoms with Crippen LogP contribution in [0, 0.1) is 6.92 Å². The number of halogens is 2. The Bertz CT molecular complexity index is 880. The Morgan fingerprint density at radius 3 is 2.61 bits per heavy atom. The van der Waals surface area contributed by atoms with E-state index in [1.807, 2.05) is 0 Å². The third-order valence-corrected chi connectivity index (χ3v) is 5.18. The Morgan fingerprint density at radius 2 is 2.09 bits per heavy atom. The molecule has 1 saturated heterocycles. The molecule has 1 aliphatic heterocycles. The summed E-state index contributed by atoms with van der Waals surface area (Å²) in [4.78, 5) is 36.7. The SMILES string of the molecule is Cc1c(C=O)sc2c1c(=O)n(CC(F)F)c(=O)n2CC1CCO1. The number of aryl methyl sites for hydroxylation is 1.